The van der Waals surface area contributed by atoms with E-state index >= 15 is 0 Å². The van der Waals surface area contributed by atoms with Crippen LogP contribution in [0, 0.1) is 12.7 Å². The molecule has 2 aromatic rings. The van der Waals surface area contributed by atoms with Gasteiger partial charge in [0.15, 0.2) is 5.69 Å². The standard InChI is InChI=1S/C13H13BrFN3O2/c1-3-20-13(19)12-8(2)18(17-16-12)7-9-4-5-10(15)6-11(9)14/h4-6H,3,7H2,1-2H3. The zero-order chi connectivity index (χ0) is 14.7. The number of carbonyl (C=O) groups is 1. The first-order valence-electron chi connectivity index (χ1n) is 6.04. The zero-order valence-electron chi connectivity index (χ0n) is 11.1. The monoisotopic (exact) mass is 341 g/mol. The third kappa shape index (κ3) is 3.04. The maximum absolute atomic E-state index is 13.0. The van der Waals surface area contributed by atoms with Crippen LogP contribution in [0.1, 0.15) is 28.7 Å². The van der Waals surface area contributed by atoms with Crippen LogP contribution in [0.2, 0.25) is 0 Å². The summed E-state index contributed by atoms with van der Waals surface area (Å²) in [5.74, 6) is -0.808. The highest BCUT2D eigenvalue weighted by Crippen LogP contribution is 2.19. The maximum Gasteiger partial charge on any atom is 0.360 e. The highest BCUT2D eigenvalue weighted by Gasteiger charge is 2.17. The van der Waals surface area contributed by atoms with E-state index in [9.17, 15) is 9.18 Å². The van der Waals surface area contributed by atoms with Crippen molar-refractivity contribution >= 4 is 21.9 Å². The Bertz CT molecular complexity index is 643. The summed E-state index contributed by atoms with van der Waals surface area (Å²) in [6, 6.07) is 4.41. The Labute approximate surface area is 123 Å². The fourth-order valence-corrected chi connectivity index (χ4v) is 2.19. The van der Waals surface area contributed by atoms with Crippen molar-refractivity contribution in [3.05, 3.63) is 45.4 Å². The molecule has 0 amide bonds. The minimum atomic E-state index is -0.491. The molecule has 0 bridgehead atoms. The predicted molar refractivity (Wildman–Crippen MR) is 73.9 cm³/mol. The first-order valence-corrected chi connectivity index (χ1v) is 6.83. The van der Waals surface area contributed by atoms with Crippen molar-refractivity contribution < 1.29 is 13.9 Å². The van der Waals surface area contributed by atoms with Crippen molar-refractivity contribution in [3.63, 3.8) is 0 Å². The molecular formula is C13H13BrFN3O2. The summed E-state index contributed by atoms with van der Waals surface area (Å²) >= 11 is 3.30. The van der Waals surface area contributed by atoms with E-state index in [4.69, 9.17) is 4.74 Å². The van der Waals surface area contributed by atoms with Gasteiger partial charge in [0, 0.05) is 4.47 Å². The molecule has 0 saturated carbocycles. The molecule has 0 unspecified atom stereocenters. The minimum absolute atomic E-state index is 0.199. The van der Waals surface area contributed by atoms with Gasteiger partial charge in [0.1, 0.15) is 5.82 Å². The molecule has 5 nitrogen and oxygen atoms in total. The summed E-state index contributed by atoms with van der Waals surface area (Å²) in [5, 5.41) is 7.76. The zero-order valence-corrected chi connectivity index (χ0v) is 12.6. The largest absolute Gasteiger partial charge is 0.461 e. The van der Waals surface area contributed by atoms with Crippen molar-refractivity contribution in [2.75, 3.05) is 6.61 Å². The van der Waals surface area contributed by atoms with Crippen LogP contribution in [0.4, 0.5) is 4.39 Å². The van der Waals surface area contributed by atoms with E-state index in [0.29, 0.717) is 16.7 Å². The third-order valence-electron chi connectivity index (χ3n) is 2.79. The number of esters is 1. The Kier molecular flexibility index (Phi) is 4.49. The number of nitrogens with zero attached hydrogens (tertiary/aromatic N) is 3. The Morgan fingerprint density at radius 1 is 1.50 bits per heavy atom. The Hall–Kier alpha value is -1.76. The third-order valence-corrected chi connectivity index (χ3v) is 3.52. The summed E-state index contributed by atoms with van der Waals surface area (Å²) in [6.07, 6.45) is 0. The van der Waals surface area contributed by atoms with E-state index in [1.54, 1.807) is 24.6 Å². The number of hydrogen-bond acceptors (Lipinski definition) is 4. The van der Waals surface area contributed by atoms with Crippen molar-refractivity contribution in [1.82, 2.24) is 15.0 Å². The van der Waals surface area contributed by atoms with Crippen molar-refractivity contribution in [2.24, 2.45) is 0 Å². The number of rotatable bonds is 4. The lowest BCUT2D eigenvalue weighted by Crippen LogP contribution is -2.09. The van der Waals surface area contributed by atoms with E-state index in [0.717, 1.165) is 5.56 Å². The Balaban J connectivity index is 2.24. The SMILES string of the molecule is CCOC(=O)c1nnn(Cc2ccc(F)cc2Br)c1C. The number of benzene rings is 1. The van der Waals surface area contributed by atoms with Gasteiger partial charge >= 0.3 is 5.97 Å². The summed E-state index contributed by atoms with van der Waals surface area (Å²) in [4.78, 5) is 11.6. The van der Waals surface area contributed by atoms with Crippen molar-refractivity contribution in [2.45, 2.75) is 20.4 Å². The van der Waals surface area contributed by atoms with Gasteiger partial charge in [-0.2, -0.15) is 0 Å². The van der Waals surface area contributed by atoms with E-state index in [1.807, 2.05) is 0 Å². The lowest BCUT2D eigenvalue weighted by atomic mass is 10.2. The summed E-state index contributed by atoms with van der Waals surface area (Å²) < 4.78 is 20.1. The van der Waals surface area contributed by atoms with Gasteiger partial charge in [0.25, 0.3) is 0 Å². The summed E-state index contributed by atoms with van der Waals surface area (Å²) in [6.45, 7) is 4.14. The van der Waals surface area contributed by atoms with E-state index in [1.165, 1.54) is 12.1 Å². The van der Waals surface area contributed by atoms with Crippen LogP contribution in [0.3, 0.4) is 0 Å². The molecule has 0 radical (unpaired) electrons. The molecule has 0 aliphatic heterocycles. The van der Waals surface area contributed by atoms with E-state index in [2.05, 4.69) is 26.2 Å². The van der Waals surface area contributed by atoms with E-state index in [-0.39, 0.29) is 18.1 Å². The number of ether oxygens (including phenoxy) is 1. The molecule has 0 fully saturated rings. The average Bonchev–Trinajstić information content (AvgIpc) is 2.75. The summed E-state index contributed by atoms with van der Waals surface area (Å²) in [5.41, 5.74) is 1.65. The topological polar surface area (TPSA) is 57.0 Å². The van der Waals surface area contributed by atoms with Crippen molar-refractivity contribution in [3.8, 4) is 0 Å². The highest BCUT2D eigenvalue weighted by atomic mass is 79.9. The highest BCUT2D eigenvalue weighted by molar-refractivity contribution is 9.10. The van der Waals surface area contributed by atoms with Gasteiger partial charge in [0.2, 0.25) is 0 Å². The second kappa shape index (κ2) is 6.13. The molecule has 1 aromatic carbocycles. The number of halogens is 2. The molecule has 7 heteroatoms. The fraction of sp³-hybridized carbons (Fsp3) is 0.308. The summed E-state index contributed by atoms with van der Waals surface area (Å²) in [7, 11) is 0. The second-order valence-corrected chi connectivity index (χ2v) is 4.99. The fourth-order valence-electron chi connectivity index (χ4n) is 1.71. The number of carbonyl (C=O) groups excluding carboxylic acids is 1. The van der Waals surface area contributed by atoms with Crippen LogP contribution in [-0.4, -0.2) is 27.6 Å². The maximum atomic E-state index is 13.0. The van der Waals surface area contributed by atoms with Crippen LogP contribution in [-0.2, 0) is 11.3 Å². The first kappa shape index (κ1) is 14.6. The average molecular weight is 342 g/mol. The van der Waals surface area contributed by atoms with E-state index < -0.39 is 5.97 Å². The molecule has 0 N–H and O–H groups in total. The van der Waals surface area contributed by atoms with Gasteiger partial charge in [-0.15, -0.1) is 5.10 Å². The van der Waals surface area contributed by atoms with Crippen LogP contribution in [0.25, 0.3) is 0 Å². The van der Waals surface area contributed by atoms with Gasteiger partial charge in [-0.1, -0.05) is 27.2 Å². The molecule has 2 rings (SSSR count). The molecule has 106 valence electrons. The molecule has 0 atom stereocenters. The second-order valence-electron chi connectivity index (χ2n) is 4.14. The molecule has 0 spiro atoms. The molecule has 0 aliphatic rings. The number of aromatic nitrogens is 3. The van der Waals surface area contributed by atoms with Crippen LogP contribution in [0.5, 0.6) is 0 Å². The van der Waals surface area contributed by atoms with Gasteiger partial charge in [0.05, 0.1) is 18.8 Å². The van der Waals surface area contributed by atoms with Gasteiger partial charge in [-0.3, -0.25) is 0 Å². The molecule has 1 heterocycles. The normalized spacial score (nSPS) is 10.6. The smallest absolute Gasteiger partial charge is 0.360 e. The van der Waals surface area contributed by atoms with Gasteiger partial charge in [-0.25, -0.2) is 13.9 Å². The van der Waals surface area contributed by atoms with Gasteiger partial charge < -0.3 is 4.74 Å². The van der Waals surface area contributed by atoms with Crippen molar-refractivity contribution in [1.29, 1.82) is 0 Å². The molecule has 0 aliphatic carbocycles. The number of hydrogen-bond donors (Lipinski definition) is 0. The molecule has 20 heavy (non-hydrogen) atoms. The quantitative estimate of drug-likeness (QED) is 0.802. The van der Waals surface area contributed by atoms with Crippen LogP contribution in [0.15, 0.2) is 22.7 Å². The lowest BCUT2D eigenvalue weighted by molar-refractivity contribution is 0.0518. The Morgan fingerprint density at radius 3 is 2.90 bits per heavy atom. The lowest BCUT2D eigenvalue weighted by Gasteiger charge is -2.06. The van der Waals surface area contributed by atoms with Crippen LogP contribution >= 0.6 is 15.9 Å². The van der Waals surface area contributed by atoms with Gasteiger partial charge in [-0.05, 0) is 31.5 Å². The molecule has 1 aromatic heterocycles. The first-order chi connectivity index (χ1) is 9.52. The molecular weight excluding hydrogens is 329 g/mol. The van der Waals surface area contributed by atoms with Crippen LogP contribution < -0.4 is 0 Å². The Morgan fingerprint density at radius 2 is 2.25 bits per heavy atom. The molecule has 0 saturated heterocycles. The minimum Gasteiger partial charge on any atom is -0.461 e. The predicted octanol–water partition coefficient (Wildman–Crippen LogP) is 2.71.